The minimum atomic E-state index is 0.0436. The number of piperidine rings is 1. The zero-order chi connectivity index (χ0) is 19.8. The molecule has 1 aliphatic rings. The molecule has 0 aromatic heterocycles. The number of nitrogens with one attached hydrogen (secondary N) is 1. The number of carbonyl (C=O) groups is 1. The number of hydrogen-bond donors (Lipinski definition) is 1. The second-order valence-electron chi connectivity index (χ2n) is 7.84. The predicted molar refractivity (Wildman–Crippen MR) is 121 cm³/mol. The fraction of sp³-hybridized carbons (Fsp3) is 0.458. The Morgan fingerprint density at radius 3 is 2.46 bits per heavy atom. The first-order valence-electron chi connectivity index (χ1n) is 10.4. The highest BCUT2D eigenvalue weighted by Gasteiger charge is 2.16. The predicted octanol–water partition coefficient (Wildman–Crippen LogP) is 5.42. The van der Waals surface area contributed by atoms with E-state index in [1.165, 1.54) is 29.7 Å². The maximum absolute atomic E-state index is 12.3. The molecule has 1 atom stereocenters. The largest absolute Gasteiger partial charge is 0.372 e. The molecule has 3 nitrogen and oxygen atoms in total. The Bertz CT molecular complexity index is 724. The van der Waals surface area contributed by atoms with E-state index in [0.717, 1.165) is 30.5 Å². The van der Waals surface area contributed by atoms with Gasteiger partial charge in [-0.15, -0.1) is 0 Å². The topological polar surface area (TPSA) is 32.3 Å². The lowest BCUT2D eigenvalue weighted by atomic mass is 9.98. The van der Waals surface area contributed by atoms with Crippen LogP contribution in [-0.4, -0.2) is 24.7 Å². The summed E-state index contributed by atoms with van der Waals surface area (Å²) in [5.41, 5.74) is 3.77. The molecule has 0 aliphatic carbocycles. The van der Waals surface area contributed by atoms with Gasteiger partial charge in [-0.05, 0) is 48.9 Å². The molecule has 1 N–H and O–H groups in total. The lowest BCUT2D eigenvalue weighted by Gasteiger charge is -2.32. The second kappa shape index (κ2) is 10.6. The highest BCUT2D eigenvalue weighted by molar-refractivity contribution is 7.98. The van der Waals surface area contributed by atoms with E-state index in [2.05, 4.69) is 72.6 Å². The van der Waals surface area contributed by atoms with Crippen molar-refractivity contribution >= 4 is 23.4 Å². The van der Waals surface area contributed by atoms with E-state index in [0.29, 0.717) is 6.42 Å². The van der Waals surface area contributed by atoms with Crippen molar-refractivity contribution in [2.75, 3.05) is 23.7 Å². The monoisotopic (exact) mass is 396 g/mol. The normalized spacial score (nSPS) is 16.0. The summed E-state index contributed by atoms with van der Waals surface area (Å²) in [7, 11) is 0. The van der Waals surface area contributed by atoms with Gasteiger partial charge in [0, 0.05) is 36.7 Å². The van der Waals surface area contributed by atoms with Crippen LogP contribution in [0.3, 0.4) is 0 Å². The summed E-state index contributed by atoms with van der Waals surface area (Å²) >= 11 is 1.81. The number of thioether (sulfide) groups is 1. The molecule has 0 radical (unpaired) electrons. The van der Waals surface area contributed by atoms with Crippen LogP contribution in [0, 0.1) is 5.92 Å². The van der Waals surface area contributed by atoms with Gasteiger partial charge in [-0.1, -0.05) is 49.4 Å². The fourth-order valence-electron chi connectivity index (χ4n) is 3.57. The molecule has 1 fully saturated rings. The van der Waals surface area contributed by atoms with Gasteiger partial charge in [0.25, 0.3) is 0 Å². The number of amides is 1. The van der Waals surface area contributed by atoms with Gasteiger partial charge in [0.05, 0.1) is 6.04 Å². The molecule has 2 aromatic carbocycles. The average Bonchev–Trinajstić information content (AvgIpc) is 2.73. The lowest BCUT2D eigenvalue weighted by molar-refractivity contribution is -0.121. The van der Waals surface area contributed by atoms with Gasteiger partial charge < -0.3 is 10.2 Å². The molecule has 1 saturated heterocycles. The third-order valence-corrected chi connectivity index (χ3v) is 6.53. The quantitative estimate of drug-likeness (QED) is 0.604. The second-order valence-corrected chi connectivity index (χ2v) is 8.94. The number of hydrogen-bond acceptors (Lipinski definition) is 3. The fourth-order valence-corrected chi connectivity index (χ4v) is 4.47. The number of carbonyl (C=O) groups excluding carboxylic acids is 1. The van der Waals surface area contributed by atoms with Crippen LogP contribution in [0.25, 0.3) is 0 Å². The summed E-state index contributed by atoms with van der Waals surface area (Å²) in [6.07, 6.45) is 3.11. The molecule has 28 heavy (non-hydrogen) atoms. The van der Waals surface area contributed by atoms with Gasteiger partial charge >= 0.3 is 0 Å². The van der Waals surface area contributed by atoms with Crippen molar-refractivity contribution in [1.82, 2.24) is 5.32 Å². The molecular formula is C24H32N2OS. The SMILES string of the molecule is CC1CCN(c2ccc(C(C)NC(=O)CCSCc3ccccc3)cc2)CC1. The van der Waals surface area contributed by atoms with E-state index >= 15 is 0 Å². The van der Waals surface area contributed by atoms with Crippen molar-refractivity contribution in [3.8, 4) is 0 Å². The lowest BCUT2D eigenvalue weighted by Crippen LogP contribution is -2.32. The van der Waals surface area contributed by atoms with Gasteiger partial charge in [-0.3, -0.25) is 4.79 Å². The summed E-state index contributed by atoms with van der Waals surface area (Å²) in [5, 5.41) is 3.13. The summed E-state index contributed by atoms with van der Waals surface area (Å²) in [5.74, 6) is 2.78. The number of rotatable bonds is 8. The van der Waals surface area contributed by atoms with Crippen LogP contribution in [0.15, 0.2) is 54.6 Å². The highest BCUT2D eigenvalue weighted by Crippen LogP contribution is 2.24. The summed E-state index contributed by atoms with van der Waals surface area (Å²) < 4.78 is 0. The Kier molecular flexibility index (Phi) is 7.84. The molecule has 3 rings (SSSR count). The first-order chi connectivity index (χ1) is 13.6. The average molecular weight is 397 g/mol. The van der Waals surface area contributed by atoms with Crippen molar-refractivity contribution in [3.05, 3.63) is 65.7 Å². The zero-order valence-electron chi connectivity index (χ0n) is 17.1. The van der Waals surface area contributed by atoms with Crippen LogP contribution in [0.2, 0.25) is 0 Å². The van der Waals surface area contributed by atoms with Crippen molar-refractivity contribution in [3.63, 3.8) is 0 Å². The van der Waals surface area contributed by atoms with Crippen LogP contribution in [0.1, 0.15) is 50.3 Å². The maximum Gasteiger partial charge on any atom is 0.221 e. The minimum Gasteiger partial charge on any atom is -0.372 e. The first kappa shape index (κ1) is 20.8. The minimum absolute atomic E-state index is 0.0436. The van der Waals surface area contributed by atoms with Gasteiger partial charge in [0.15, 0.2) is 0 Å². The van der Waals surface area contributed by atoms with E-state index in [4.69, 9.17) is 0 Å². The molecule has 1 unspecified atom stereocenters. The molecule has 2 aromatic rings. The van der Waals surface area contributed by atoms with Crippen molar-refractivity contribution in [2.24, 2.45) is 5.92 Å². The molecular weight excluding hydrogens is 364 g/mol. The Balaban J connectivity index is 1.40. The molecule has 0 spiro atoms. The number of nitrogens with zero attached hydrogens (tertiary/aromatic N) is 1. The summed E-state index contributed by atoms with van der Waals surface area (Å²) in [4.78, 5) is 14.7. The van der Waals surface area contributed by atoms with E-state index in [1.54, 1.807) is 0 Å². The standard InChI is InChI=1S/C24H32N2OS/c1-19-12-15-26(16-13-19)23-10-8-22(9-11-23)20(2)25-24(27)14-17-28-18-21-6-4-3-5-7-21/h3-11,19-20H,12-18H2,1-2H3,(H,25,27). The summed E-state index contributed by atoms with van der Waals surface area (Å²) in [6, 6.07) is 19.2. The number of anilines is 1. The molecule has 0 bridgehead atoms. The van der Waals surface area contributed by atoms with E-state index in [9.17, 15) is 4.79 Å². The Morgan fingerprint density at radius 1 is 1.11 bits per heavy atom. The van der Waals surface area contributed by atoms with Crippen LogP contribution < -0.4 is 10.2 Å². The third kappa shape index (κ3) is 6.30. The van der Waals surface area contributed by atoms with Gasteiger partial charge in [0.2, 0.25) is 5.91 Å². The molecule has 1 amide bonds. The summed E-state index contributed by atoms with van der Waals surface area (Å²) in [6.45, 7) is 6.69. The van der Waals surface area contributed by atoms with Crippen molar-refractivity contribution in [2.45, 2.75) is 44.9 Å². The smallest absolute Gasteiger partial charge is 0.221 e. The van der Waals surface area contributed by atoms with Crippen molar-refractivity contribution in [1.29, 1.82) is 0 Å². The molecule has 1 heterocycles. The molecule has 0 saturated carbocycles. The molecule has 1 aliphatic heterocycles. The van der Waals surface area contributed by atoms with E-state index < -0.39 is 0 Å². The van der Waals surface area contributed by atoms with Crippen LogP contribution in [-0.2, 0) is 10.5 Å². The third-order valence-electron chi connectivity index (χ3n) is 5.50. The molecule has 4 heteroatoms. The van der Waals surface area contributed by atoms with Gasteiger partial charge in [0.1, 0.15) is 0 Å². The Hall–Kier alpha value is -1.94. The molecule has 150 valence electrons. The maximum atomic E-state index is 12.3. The van der Waals surface area contributed by atoms with Crippen LogP contribution in [0.5, 0.6) is 0 Å². The highest BCUT2D eigenvalue weighted by atomic mass is 32.2. The van der Waals surface area contributed by atoms with E-state index in [-0.39, 0.29) is 11.9 Å². The van der Waals surface area contributed by atoms with Crippen LogP contribution in [0.4, 0.5) is 5.69 Å². The van der Waals surface area contributed by atoms with Gasteiger partial charge in [-0.25, -0.2) is 0 Å². The van der Waals surface area contributed by atoms with Crippen molar-refractivity contribution < 1.29 is 4.79 Å². The number of benzene rings is 2. The van der Waals surface area contributed by atoms with E-state index in [1.807, 2.05) is 17.8 Å². The van der Waals surface area contributed by atoms with Gasteiger partial charge in [-0.2, -0.15) is 11.8 Å². The Labute approximate surface area is 173 Å². The first-order valence-corrected chi connectivity index (χ1v) is 11.5. The van der Waals surface area contributed by atoms with Crippen LogP contribution >= 0.6 is 11.8 Å². The Morgan fingerprint density at radius 2 is 1.79 bits per heavy atom. The zero-order valence-corrected chi connectivity index (χ0v) is 17.9.